The van der Waals surface area contributed by atoms with Crippen molar-refractivity contribution in [1.29, 1.82) is 0 Å². The van der Waals surface area contributed by atoms with Crippen LogP contribution in [0.4, 0.5) is 5.95 Å². The molecule has 0 bridgehead atoms. The summed E-state index contributed by atoms with van der Waals surface area (Å²) < 4.78 is 5.39. The van der Waals surface area contributed by atoms with Gasteiger partial charge in [-0.15, -0.1) is 0 Å². The number of carboxylic acid groups (broad SMARTS) is 1. The van der Waals surface area contributed by atoms with Crippen LogP contribution in [0.15, 0.2) is 22.7 Å². The lowest BCUT2D eigenvalue weighted by Gasteiger charge is -2.05. The van der Waals surface area contributed by atoms with Gasteiger partial charge in [0.05, 0.1) is 17.8 Å². The Bertz CT molecular complexity index is 578. The average molecular weight is 247 g/mol. The fourth-order valence-electron chi connectivity index (χ4n) is 1.51. The molecule has 0 saturated carbocycles. The number of aromatic carboxylic acids is 1. The Balaban J connectivity index is 2.06. The molecule has 0 saturated heterocycles. The van der Waals surface area contributed by atoms with Gasteiger partial charge in [0, 0.05) is 6.20 Å². The number of nitrogens with one attached hydrogen (secondary N) is 1. The molecule has 0 radical (unpaired) electrons. The second-order valence-corrected chi connectivity index (χ2v) is 3.86. The highest BCUT2D eigenvalue weighted by Gasteiger charge is 2.09. The molecule has 2 heterocycles. The number of aromatic nitrogens is 2. The predicted molar refractivity (Wildman–Crippen MR) is 64.5 cm³/mol. The SMILES string of the molecule is Cc1ccc(CNc2ncc(C(=O)O)c(C)n2)o1. The Labute approximate surface area is 104 Å². The molecule has 94 valence electrons. The standard InChI is InChI=1S/C12H13N3O3/c1-7-3-4-9(18-7)5-13-12-14-6-10(11(16)17)8(2)15-12/h3-4,6H,5H2,1-2H3,(H,16,17)(H,13,14,15). The zero-order chi connectivity index (χ0) is 13.1. The Morgan fingerprint density at radius 2 is 2.22 bits per heavy atom. The van der Waals surface area contributed by atoms with Crippen LogP contribution in [0.2, 0.25) is 0 Å². The number of hydrogen-bond donors (Lipinski definition) is 2. The highest BCUT2D eigenvalue weighted by atomic mass is 16.4. The first kappa shape index (κ1) is 12.1. The highest BCUT2D eigenvalue weighted by molar-refractivity contribution is 5.88. The monoisotopic (exact) mass is 247 g/mol. The van der Waals surface area contributed by atoms with Crippen molar-refractivity contribution >= 4 is 11.9 Å². The number of furan rings is 1. The topological polar surface area (TPSA) is 88.2 Å². The molecule has 0 aliphatic rings. The minimum absolute atomic E-state index is 0.106. The van der Waals surface area contributed by atoms with E-state index in [2.05, 4.69) is 15.3 Å². The zero-order valence-electron chi connectivity index (χ0n) is 10.1. The quantitative estimate of drug-likeness (QED) is 0.859. The smallest absolute Gasteiger partial charge is 0.339 e. The molecule has 0 amide bonds. The predicted octanol–water partition coefficient (Wildman–Crippen LogP) is 2.00. The summed E-state index contributed by atoms with van der Waals surface area (Å²) in [6.07, 6.45) is 1.29. The molecule has 18 heavy (non-hydrogen) atoms. The Hall–Kier alpha value is -2.37. The van der Waals surface area contributed by atoms with Crippen LogP contribution in [0, 0.1) is 13.8 Å². The molecule has 6 nitrogen and oxygen atoms in total. The van der Waals surface area contributed by atoms with Gasteiger partial charge in [-0.2, -0.15) is 0 Å². The minimum Gasteiger partial charge on any atom is -0.478 e. The van der Waals surface area contributed by atoms with E-state index >= 15 is 0 Å². The fraction of sp³-hybridized carbons (Fsp3) is 0.250. The Morgan fingerprint density at radius 3 is 2.78 bits per heavy atom. The van der Waals surface area contributed by atoms with Crippen molar-refractivity contribution in [3.63, 3.8) is 0 Å². The van der Waals surface area contributed by atoms with E-state index in [9.17, 15) is 4.79 Å². The van der Waals surface area contributed by atoms with Crippen molar-refractivity contribution in [2.24, 2.45) is 0 Å². The van der Waals surface area contributed by atoms with Gasteiger partial charge in [-0.3, -0.25) is 0 Å². The summed E-state index contributed by atoms with van der Waals surface area (Å²) in [6, 6.07) is 3.73. The van der Waals surface area contributed by atoms with E-state index in [1.165, 1.54) is 6.20 Å². The van der Waals surface area contributed by atoms with Gasteiger partial charge in [-0.1, -0.05) is 0 Å². The van der Waals surface area contributed by atoms with E-state index in [1.807, 2.05) is 19.1 Å². The highest BCUT2D eigenvalue weighted by Crippen LogP contribution is 2.10. The first-order valence-electron chi connectivity index (χ1n) is 5.42. The second-order valence-electron chi connectivity index (χ2n) is 3.86. The molecule has 2 aromatic heterocycles. The Morgan fingerprint density at radius 1 is 1.44 bits per heavy atom. The molecule has 2 N–H and O–H groups in total. The van der Waals surface area contributed by atoms with E-state index < -0.39 is 5.97 Å². The summed E-state index contributed by atoms with van der Waals surface area (Å²) in [5.41, 5.74) is 0.532. The summed E-state index contributed by atoms with van der Waals surface area (Å²) in [5.74, 6) is 0.966. The summed E-state index contributed by atoms with van der Waals surface area (Å²) in [4.78, 5) is 18.8. The first-order chi connectivity index (χ1) is 8.56. The van der Waals surface area contributed by atoms with Crippen molar-refractivity contribution in [3.8, 4) is 0 Å². The fourth-order valence-corrected chi connectivity index (χ4v) is 1.51. The average Bonchev–Trinajstić information content (AvgIpc) is 2.72. The lowest BCUT2D eigenvalue weighted by atomic mass is 10.2. The third-order valence-corrected chi connectivity index (χ3v) is 2.43. The van der Waals surface area contributed by atoms with Crippen LogP contribution in [0.1, 0.15) is 27.6 Å². The number of hydrogen-bond acceptors (Lipinski definition) is 5. The van der Waals surface area contributed by atoms with Crippen LogP contribution in [0.25, 0.3) is 0 Å². The Kier molecular flexibility index (Phi) is 3.27. The van der Waals surface area contributed by atoms with Crippen molar-refractivity contribution in [1.82, 2.24) is 9.97 Å². The summed E-state index contributed by atoms with van der Waals surface area (Å²) >= 11 is 0. The van der Waals surface area contributed by atoms with Gasteiger partial charge < -0.3 is 14.8 Å². The lowest BCUT2D eigenvalue weighted by molar-refractivity contribution is 0.0695. The molecule has 0 aromatic carbocycles. The minimum atomic E-state index is -1.03. The van der Waals surface area contributed by atoms with E-state index in [-0.39, 0.29) is 5.56 Å². The van der Waals surface area contributed by atoms with Gasteiger partial charge in [0.25, 0.3) is 0 Å². The van der Waals surface area contributed by atoms with Crippen molar-refractivity contribution in [3.05, 3.63) is 41.1 Å². The van der Waals surface area contributed by atoms with Crippen LogP contribution in [-0.4, -0.2) is 21.0 Å². The normalized spacial score (nSPS) is 10.3. The molecule has 0 aliphatic heterocycles. The van der Waals surface area contributed by atoms with E-state index in [1.54, 1.807) is 6.92 Å². The van der Waals surface area contributed by atoms with Gasteiger partial charge in [0.15, 0.2) is 0 Å². The van der Waals surface area contributed by atoms with Gasteiger partial charge in [-0.25, -0.2) is 14.8 Å². The number of carboxylic acids is 1. The molecule has 6 heteroatoms. The summed E-state index contributed by atoms with van der Waals surface area (Å²) in [5, 5.41) is 11.8. The van der Waals surface area contributed by atoms with E-state index in [0.717, 1.165) is 11.5 Å². The van der Waals surface area contributed by atoms with Crippen molar-refractivity contribution < 1.29 is 14.3 Å². The van der Waals surface area contributed by atoms with Crippen LogP contribution in [0.5, 0.6) is 0 Å². The number of carbonyl (C=O) groups is 1. The molecular formula is C12H13N3O3. The number of aryl methyl sites for hydroxylation is 2. The van der Waals surface area contributed by atoms with Crippen LogP contribution >= 0.6 is 0 Å². The zero-order valence-corrected chi connectivity index (χ0v) is 10.1. The van der Waals surface area contributed by atoms with Gasteiger partial charge in [-0.05, 0) is 26.0 Å². The van der Waals surface area contributed by atoms with Crippen LogP contribution in [0.3, 0.4) is 0 Å². The molecule has 2 rings (SSSR count). The third kappa shape index (κ3) is 2.65. The van der Waals surface area contributed by atoms with Crippen LogP contribution < -0.4 is 5.32 Å². The molecular weight excluding hydrogens is 234 g/mol. The number of anilines is 1. The molecule has 0 aliphatic carbocycles. The molecule has 0 spiro atoms. The maximum Gasteiger partial charge on any atom is 0.339 e. The molecule has 0 unspecified atom stereocenters. The van der Waals surface area contributed by atoms with E-state index in [0.29, 0.717) is 18.2 Å². The number of nitrogens with zero attached hydrogens (tertiary/aromatic N) is 2. The van der Waals surface area contributed by atoms with Crippen molar-refractivity contribution in [2.75, 3.05) is 5.32 Å². The maximum absolute atomic E-state index is 10.8. The van der Waals surface area contributed by atoms with E-state index in [4.69, 9.17) is 9.52 Å². The van der Waals surface area contributed by atoms with Gasteiger partial charge in [0.2, 0.25) is 5.95 Å². The van der Waals surface area contributed by atoms with Gasteiger partial charge >= 0.3 is 5.97 Å². The lowest BCUT2D eigenvalue weighted by Crippen LogP contribution is -2.08. The largest absolute Gasteiger partial charge is 0.478 e. The third-order valence-electron chi connectivity index (χ3n) is 2.43. The van der Waals surface area contributed by atoms with Crippen molar-refractivity contribution in [2.45, 2.75) is 20.4 Å². The molecule has 0 fully saturated rings. The maximum atomic E-state index is 10.8. The second kappa shape index (κ2) is 4.87. The first-order valence-corrected chi connectivity index (χ1v) is 5.42. The van der Waals surface area contributed by atoms with Crippen LogP contribution in [-0.2, 0) is 6.54 Å². The summed E-state index contributed by atoms with van der Waals surface area (Å²) in [7, 11) is 0. The van der Waals surface area contributed by atoms with Gasteiger partial charge in [0.1, 0.15) is 11.5 Å². The molecule has 2 aromatic rings. The molecule has 0 atom stereocenters. The number of rotatable bonds is 4. The summed E-state index contributed by atoms with van der Waals surface area (Å²) in [6.45, 7) is 3.96.